The van der Waals surface area contributed by atoms with Gasteiger partial charge in [-0.05, 0) is 34.7 Å². The molecule has 1 aromatic carbocycles. The molecule has 1 nitrogen and oxygen atoms in total. The topological polar surface area (TPSA) is 20.2 Å². The van der Waals surface area contributed by atoms with Gasteiger partial charge in [0.2, 0.25) is 0 Å². The molecule has 0 saturated carbocycles. The van der Waals surface area contributed by atoms with Gasteiger partial charge in [0.1, 0.15) is 0 Å². The van der Waals surface area contributed by atoms with Crippen molar-refractivity contribution >= 4 is 22.6 Å². The maximum Gasteiger partial charge on any atom is 0.166 e. The first-order valence-corrected chi connectivity index (χ1v) is 4.42. The van der Waals surface area contributed by atoms with Crippen LogP contribution in [-0.4, -0.2) is 9.22 Å². The highest BCUT2D eigenvalue weighted by Gasteiger charge is 1.85. The van der Waals surface area contributed by atoms with Crippen molar-refractivity contribution in [1.82, 2.24) is 0 Å². The molecule has 0 spiro atoms. The van der Waals surface area contributed by atoms with Gasteiger partial charge in [0, 0.05) is 5.56 Å². The molecule has 0 amide bonds. The highest BCUT2D eigenvalue weighted by molar-refractivity contribution is 14.1. The summed E-state index contributed by atoms with van der Waals surface area (Å²) in [6.07, 6.45) is 0. The third kappa shape index (κ3) is 3.40. The second-order valence-corrected chi connectivity index (χ2v) is 3.15. The Morgan fingerprint density at radius 3 is 2.45 bits per heavy atom. The number of aliphatic hydroxyl groups excluding tert-OH is 1. The van der Waals surface area contributed by atoms with Crippen LogP contribution in [0, 0.1) is 11.8 Å². The van der Waals surface area contributed by atoms with Crippen LogP contribution < -0.4 is 0 Å². The lowest BCUT2D eigenvalue weighted by molar-refractivity contribution is 0.333. The minimum atomic E-state index is -0.576. The van der Waals surface area contributed by atoms with E-state index in [1.807, 2.05) is 52.9 Å². The third-order valence-corrected chi connectivity index (χ3v) is 1.42. The Hall–Kier alpha value is -0.530. The van der Waals surface area contributed by atoms with E-state index in [0.29, 0.717) is 0 Å². The van der Waals surface area contributed by atoms with Gasteiger partial charge in [0.15, 0.2) is 4.11 Å². The van der Waals surface area contributed by atoms with Crippen molar-refractivity contribution in [2.45, 2.75) is 4.11 Å². The number of halogens is 1. The summed E-state index contributed by atoms with van der Waals surface area (Å²) in [7, 11) is 0. The molecule has 0 aliphatic rings. The van der Waals surface area contributed by atoms with E-state index in [1.165, 1.54) is 0 Å². The molecule has 1 unspecified atom stereocenters. The normalized spacial score (nSPS) is 11.5. The van der Waals surface area contributed by atoms with E-state index in [9.17, 15) is 0 Å². The quantitative estimate of drug-likeness (QED) is 0.427. The van der Waals surface area contributed by atoms with Gasteiger partial charge in [0.25, 0.3) is 0 Å². The van der Waals surface area contributed by atoms with Crippen LogP contribution in [0.1, 0.15) is 5.56 Å². The van der Waals surface area contributed by atoms with Crippen molar-refractivity contribution in [3.8, 4) is 11.8 Å². The maximum atomic E-state index is 8.83. The molecule has 0 aliphatic carbocycles. The molecule has 0 radical (unpaired) electrons. The Morgan fingerprint density at radius 2 is 1.91 bits per heavy atom. The highest BCUT2D eigenvalue weighted by atomic mass is 127. The van der Waals surface area contributed by atoms with E-state index in [-0.39, 0.29) is 0 Å². The summed E-state index contributed by atoms with van der Waals surface area (Å²) in [6.45, 7) is 0. The predicted molar refractivity (Wildman–Crippen MR) is 53.3 cm³/mol. The van der Waals surface area contributed by atoms with E-state index in [2.05, 4.69) is 11.8 Å². The zero-order valence-corrected chi connectivity index (χ0v) is 7.95. The minimum Gasteiger partial charge on any atom is -0.371 e. The molecule has 0 fully saturated rings. The van der Waals surface area contributed by atoms with Crippen molar-refractivity contribution in [2.75, 3.05) is 0 Å². The summed E-state index contributed by atoms with van der Waals surface area (Å²) in [5.41, 5.74) is 0.934. The zero-order chi connectivity index (χ0) is 8.10. The third-order valence-electron chi connectivity index (χ3n) is 1.11. The van der Waals surface area contributed by atoms with Crippen LogP contribution >= 0.6 is 22.6 Å². The van der Waals surface area contributed by atoms with Crippen molar-refractivity contribution < 1.29 is 5.11 Å². The molecule has 1 atom stereocenters. The average Bonchev–Trinajstić information content (AvgIpc) is 2.03. The van der Waals surface area contributed by atoms with Gasteiger partial charge in [-0.1, -0.05) is 30.0 Å². The van der Waals surface area contributed by atoms with Crippen LogP contribution in [0.25, 0.3) is 0 Å². The summed E-state index contributed by atoms with van der Waals surface area (Å²) >= 11 is 1.85. The lowest BCUT2D eigenvalue weighted by Gasteiger charge is -1.87. The fourth-order valence-corrected chi connectivity index (χ4v) is 0.820. The lowest BCUT2D eigenvalue weighted by atomic mass is 10.2. The Labute approximate surface area is 79.6 Å². The van der Waals surface area contributed by atoms with E-state index < -0.39 is 4.11 Å². The van der Waals surface area contributed by atoms with Crippen LogP contribution in [0.15, 0.2) is 30.3 Å². The number of hydrogen-bond acceptors (Lipinski definition) is 1. The number of alkyl halides is 1. The molecule has 1 aromatic rings. The summed E-state index contributed by atoms with van der Waals surface area (Å²) in [5, 5.41) is 8.83. The number of benzene rings is 1. The smallest absolute Gasteiger partial charge is 0.166 e. The predicted octanol–water partition coefficient (Wildman–Crippen LogP) is 1.79. The van der Waals surface area contributed by atoms with Gasteiger partial charge in [-0.25, -0.2) is 0 Å². The second kappa shape index (κ2) is 4.37. The van der Waals surface area contributed by atoms with Gasteiger partial charge >= 0.3 is 0 Å². The fraction of sp³-hybridized carbons (Fsp3) is 0.111. The second-order valence-electron chi connectivity index (χ2n) is 1.97. The average molecular weight is 258 g/mol. The van der Waals surface area contributed by atoms with Crippen LogP contribution in [-0.2, 0) is 0 Å². The lowest BCUT2D eigenvalue weighted by Crippen LogP contribution is -1.86. The molecule has 56 valence electrons. The molecule has 1 N–H and O–H groups in total. The van der Waals surface area contributed by atoms with Crippen LogP contribution in [0.3, 0.4) is 0 Å². The summed E-state index contributed by atoms with van der Waals surface area (Å²) < 4.78 is -0.576. The Morgan fingerprint density at radius 1 is 1.27 bits per heavy atom. The first-order chi connectivity index (χ1) is 5.29. The van der Waals surface area contributed by atoms with Gasteiger partial charge in [-0.2, -0.15) is 0 Å². The van der Waals surface area contributed by atoms with E-state index in [0.717, 1.165) is 5.56 Å². The maximum absolute atomic E-state index is 8.83. The Balaban J connectivity index is 2.75. The van der Waals surface area contributed by atoms with Crippen molar-refractivity contribution in [3.05, 3.63) is 35.9 Å². The zero-order valence-electron chi connectivity index (χ0n) is 5.79. The molecule has 0 bridgehead atoms. The Kier molecular flexibility index (Phi) is 3.40. The largest absolute Gasteiger partial charge is 0.371 e. The van der Waals surface area contributed by atoms with E-state index >= 15 is 0 Å². The first kappa shape index (κ1) is 8.57. The molecular formula is C9H7IO. The summed E-state index contributed by atoms with van der Waals surface area (Å²) in [5.74, 6) is 5.49. The van der Waals surface area contributed by atoms with Crippen molar-refractivity contribution in [2.24, 2.45) is 0 Å². The standard InChI is InChI=1S/C9H7IO/c10-9(11)7-6-8-4-2-1-3-5-8/h1-5,9,11H. The van der Waals surface area contributed by atoms with Gasteiger partial charge in [-0.3, -0.25) is 0 Å². The Bertz CT molecular complexity index is 269. The highest BCUT2D eigenvalue weighted by Crippen LogP contribution is 1.96. The molecular weight excluding hydrogens is 251 g/mol. The van der Waals surface area contributed by atoms with Gasteiger partial charge in [0.05, 0.1) is 0 Å². The monoisotopic (exact) mass is 258 g/mol. The minimum absolute atomic E-state index is 0.576. The number of aliphatic hydroxyl groups is 1. The summed E-state index contributed by atoms with van der Waals surface area (Å²) in [6, 6.07) is 9.59. The van der Waals surface area contributed by atoms with Crippen LogP contribution in [0.2, 0.25) is 0 Å². The fourth-order valence-electron chi connectivity index (χ4n) is 0.664. The molecule has 2 heteroatoms. The van der Waals surface area contributed by atoms with Crippen molar-refractivity contribution in [1.29, 1.82) is 0 Å². The van der Waals surface area contributed by atoms with E-state index in [1.54, 1.807) is 0 Å². The van der Waals surface area contributed by atoms with Crippen LogP contribution in [0.5, 0.6) is 0 Å². The molecule has 0 saturated heterocycles. The summed E-state index contributed by atoms with van der Waals surface area (Å²) in [4.78, 5) is 0. The molecule has 1 rings (SSSR count). The van der Waals surface area contributed by atoms with Crippen molar-refractivity contribution in [3.63, 3.8) is 0 Å². The van der Waals surface area contributed by atoms with Crippen LogP contribution in [0.4, 0.5) is 0 Å². The first-order valence-electron chi connectivity index (χ1n) is 3.18. The van der Waals surface area contributed by atoms with E-state index in [4.69, 9.17) is 5.11 Å². The van der Waals surface area contributed by atoms with Gasteiger partial charge < -0.3 is 5.11 Å². The van der Waals surface area contributed by atoms with Gasteiger partial charge in [-0.15, -0.1) is 0 Å². The number of rotatable bonds is 0. The number of hydrogen-bond donors (Lipinski definition) is 1. The SMILES string of the molecule is OC(I)C#Cc1ccccc1. The molecule has 0 heterocycles. The molecule has 0 aromatic heterocycles. The molecule has 11 heavy (non-hydrogen) atoms. The molecule has 0 aliphatic heterocycles.